The van der Waals surface area contributed by atoms with Crippen LogP contribution >= 0.6 is 0 Å². The van der Waals surface area contributed by atoms with Crippen LogP contribution in [0.2, 0.25) is 0 Å². The highest BCUT2D eigenvalue weighted by Gasteiger charge is 2.32. The molecule has 3 aromatic rings. The first-order chi connectivity index (χ1) is 16.2. The molecule has 3 rings (SSSR count). The van der Waals surface area contributed by atoms with Gasteiger partial charge in [0.2, 0.25) is 5.88 Å². The van der Waals surface area contributed by atoms with Crippen molar-refractivity contribution in [2.75, 3.05) is 17.7 Å². The number of alkyl halides is 3. The molecule has 3 amide bonds. The van der Waals surface area contributed by atoms with E-state index in [-0.39, 0.29) is 22.9 Å². The minimum Gasteiger partial charge on any atom is -0.439 e. The minimum absolute atomic E-state index is 0.0663. The Morgan fingerprint density at radius 2 is 1.74 bits per heavy atom. The van der Waals surface area contributed by atoms with E-state index in [0.29, 0.717) is 17.5 Å². The third-order valence-electron chi connectivity index (χ3n) is 4.12. The van der Waals surface area contributed by atoms with E-state index in [9.17, 15) is 22.8 Å². The van der Waals surface area contributed by atoms with Crippen molar-refractivity contribution in [1.82, 2.24) is 15.3 Å². The molecule has 0 spiro atoms. The predicted octanol–water partition coefficient (Wildman–Crippen LogP) is 5.23. The molecule has 174 valence electrons. The molecule has 0 bridgehead atoms. The number of hydrogen-bond donors (Lipinski definition) is 3. The fourth-order valence-corrected chi connectivity index (χ4v) is 2.65. The van der Waals surface area contributed by atoms with Crippen molar-refractivity contribution in [2.24, 2.45) is 5.11 Å². The van der Waals surface area contributed by atoms with Gasteiger partial charge >= 0.3 is 12.2 Å². The van der Waals surface area contributed by atoms with Crippen molar-refractivity contribution < 1.29 is 27.5 Å². The van der Waals surface area contributed by atoms with E-state index in [2.05, 4.69) is 35.9 Å². The molecule has 0 aliphatic carbocycles. The summed E-state index contributed by atoms with van der Waals surface area (Å²) < 4.78 is 45.0. The van der Waals surface area contributed by atoms with Gasteiger partial charge in [-0.2, -0.15) is 13.2 Å². The summed E-state index contributed by atoms with van der Waals surface area (Å²) in [4.78, 5) is 34.3. The minimum atomic E-state index is -4.71. The van der Waals surface area contributed by atoms with Crippen LogP contribution in [0.4, 0.5) is 35.2 Å². The third-order valence-corrected chi connectivity index (χ3v) is 4.12. The van der Waals surface area contributed by atoms with E-state index in [0.717, 1.165) is 18.5 Å². The highest BCUT2D eigenvalue weighted by molar-refractivity contribution is 6.01. The van der Waals surface area contributed by atoms with E-state index < -0.39 is 23.7 Å². The van der Waals surface area contributed by atoms with Gasteiger partial charge in [0.1, 0.15) is 17.9 Å². The monoisotopic (exact) mass is 472 g/mol. The van der Waals surface area contributed by atoms with Crippen LogP contribution < -0.4 is 20.7 Å². The zero-order chi connectivity index (χ0) is 24.7. The van der Waals surface area contributed by atoms with Gasteiger partial charge < -0.3 is 20.7 Å². The van der Waals surface area contributed by atoms with E-state index in [1.807, 2.05) is 0 Å². The van der Waals surface area contributed by atoms with Crippen molar-refractivity contribution in [3.05, 3.63) is 76.4 Å². The summed E-state index contributed by atoms with van der Waals surface area (Å²) in [5, 5.41) is 10.3. The molecule has 11 nitrogen and oxygen atoms in total. The number of carbonyl (C=O) groups excluding carboxylic acids is 2. The lowest BCUT2D eigenvalue weighted by Crippen LogP contribution is -2.22. The molecule has 14 heteroatoms. The molecule has 1 heterocycles. The first-order valence-corrected chi connectivity index (χ1v) is 9.35. The number of aromatic nitrogens is 2. The number of amides is 3. The number of benzene rings is 2. The van der Waals surface area contributed by atoms with Crippen LogP contribution in [0.3, 0.4) is 0 Å². The van der Waals surface area contributed by atoms with Gasteiger partial charge in [-0.15, -0.1) is 0 Å². The van der Waals surface area contributed by atoms with Gasteiger partial charge in [-0.25, -0.2) is 14.8 Å². The Morgan fingerprint density at radius 3 is 2.38 bits per heavy atom. The van der Waals surface area contributed by atoms with Gasteiger partial charge in [0.15, 0.2) is 0 Å². The fraction of sp³-hybridized carbons (Fsp3) is 0.100. The summed E-state index contributed by atoms with van der Waals surface area (Å²) in [7, 11) is 1.28. The smallest absolute Gasteiger partial charge is 0.416 e. The molecule has 3 N–H and O–H groups in total. The summed E-state index contributed by atoms with van der Waals surface area (Å²) in [6.45, 7) is 0. The Balaban J connectivity index is 1.69. The first-order valence-electron chi connectivity index (χ1n) is 9.35. The molecule has 0 saturated heterocycles. The number of ether oxygens (including phenoxy) is 1. The van der Waals surface area contributed by atoms with Crippen LogP contribution in [0.1, 0.15) is 15.9 Å². The SMILES string of the molecule is CNC(=O)c1cc(NC(=O)Nc2ccc(Oc3cc(N=[N+]=[N-])ncn3)cc2)cc(C(F)(F)F)c1. The Labute approximate surface area is 189 Å². The molecule has 0 saturated carbocycles. The van der Waals surface area contributed by atoms with Gasteiger partial charge in [0.05, 0.1) is 5.56 Å². The largest absolute Gasteiger partial charge is 0.439 e. The summed E-state index contributed by atoms with van der Waals surface area (Å²) in [6, 6.07) is 8.98. The number of anilines is 2. The highest BCUT2D eigenvalue weighted by Crippen LogP contribution is 2.32. The third kappa shape index (κ3) is 6.34. The van der Waals surface area contributed by atoms with Crippen LogP contribution in [0.25, 0.3) is 10.4 Å². The van der Waals surface area contributed by atoms with Crippen LogP contribution in [0.5, 0.6) is 11.6 Å². The van der Waals surface area contributed by atoms with Crippen LogP contribution in [0, 0.1) is 0 Å². The van der Waals surface area contributed by atoms with Crippen molar-refractivity contribution in [3.8, 4) is 11.6 Å². The summed E-state index contributed by atoms with van der Waals surface area (Å²) in [5.74, 6) is -0.214. The zero-order valence-corrected chi connectivity index (χ0v) is 17.3. The Hall–Kier alpha value is -4.84. The maximum atomic E-state index is 13.2. The fourth-order valence-electron chi connectivity index (χ4n) is 2.65. The van der Waals surface area contributed by atoms with E-state index in [1.54, 1.807) is 0 Å². The predicted molar refractivity (Wildman–Crippen MR) is 115 cm³/mol. The second-order valence-electron chi connectivity index (χ2n) is 6.49. The van der Waals surface area contributed by atoms with E-state index >= 15 is 0 Å². The molecular formula is C20H15F3N8O3. The number of azide groups is 1. The number of nitrogens with zero attached hydrogens (tertiary/aromatic N) is 5. The number of urea groups is 1. The second kappa shape index (κ2) is 10.2. The van der Waals surface area contributed by atoms with Crippen LogP contribution in [-0.4, -0.2) is 29.0 Å². The molecule has 34 heavy (non-hydrogen) atoms. The Kier molecular flexibility index (Phi) is 7.13. The molecule has 0 fully saturated rings. The lowest BCUT2D eigenvalue weighted by atomic mass is 10.1. The number of rotatable bonds is 6. The normalized spacial score (nSPS) is 10.6. The molecule has 0 aliphatic rings. The zero-order valence-electron chi connectivity index (χ0n) is 17.3. The van der Waals surface area contributed by atoms with Crippen molar-refractivity contribution in [2.45, 2.75) is 6.18 Å². The lowest BCUT2D eigenvalue weighted by Gasteiger charge is -2.13. The maximum Gasteiger partial charge on any atom is 0.416 e. The molecule has 2 aromatic carbocycles. The van der Waals surface area contributed by atoms with Gasteiger partial charge in [-0.3, -0.25) is 4.79 Å². The van der Waals surface area contributed by atoms with Crippen LogP contribution in [0.15, 0.2) is 60.0 Å². The molecule has 0 atom stereocenters. The van der Waals surface area contributed by atoms with Gasteiger partial charge in [-0.05, 0) is 53.1 Å². The number of carbonyl (C=O) groups is 2. The molecule has 0 aliphatic heterocycles. The topological polar surface area (TPSA) is 154 Å². The average Bonchev–Trinajstić information content (AvgIpc) is 2.79. The number of nitrogens with one attached hydrogen (secondary N) is 3. The summed E-state index contributed by atoms with van der Waals surface area (Å²) in [6.07, 6.45) is -3.55. The Morgan fingerprint density at radius 1 is 1.03 bits per heavy atom. The average molecular weight is 472 g/mol. The highest BCUT2D eigenvalue weighted by atomic mass is 19.4. The summed E-state index contributed by atoms with van der Waals surface area (Å²) in [5.41, 5.74) is 7.19. The van der Waals surface area contributed by atoms with Crippen molar-refractivity contribution in [1.29, 1.82) is 0 Å². The van der Waals surface area contributed by atoms with Gasteiger partial charge in [0.25, 0.3) is 5.91 Å². The quantitative estimate of drug-likeness (QED) is 0.254. The second-order valence-corrected chi connectivity index (χ2v) is 6.49. The summed E-state index contributed by atoms with van der Waals surface area (Å²) >= 11 is 0. The molecule has 0 unspecified atom stereocenters. The Bertz CT molecular complexity index is 1260. The lowest BCUT2D eigenvalue weighted by molar-refractivity contribution is -0.137. The van der Waals surface area contributed by atoms with Gasteiger partial charge in [0, 0.05) is 35.0 Å². The maximum absolute atomic E-state index is 13.2. The van der Waals surface area contributed by atoms with Crippen molar-refractivity contribution >= 4 is 29.1 Å². The van der Waals surface area contributed by atoms with E-state index in [1.165, 1.54) is 37.4 Å². The standard InChI is InChI=1S/C20H15F3N8O3/c1-25-18(32)11-6-12(20(21,22)23)8-14(7-11)29-19(33)28-13-2-4-15(5-3-13)34-17-9-16(30-31-24)26-10-27-17/h2-10H,1H3,(H,25,32)(H2,28,29,33). The van der Waals surface area contributed by atoms with Crippen LogP contribution in [-0.2, 0) is 6.18 Å². The number of halogens is 3. The molecule has 0 radical (unpaired) electrons. The van der Waals surface area contributed by atoms with Crippen molar-refractivity contribution in [3.63, 3.8) is 0 Å². The first kappa shape index (κ1) is 23.8. The molecular weight excluding hydrogens is 457 g/mol. The van der Waals surface area contributed by atoms with E-state index in [4.69, 9.17) is 10.3 Å². The number of hydrogen-bond acceptors (Lipinski definition) is 6. The molecule has 1 aromatic heterocycles. The van der Waals surface area contributed by atoms with Gasteiger partial charge in [-0.1, -0.05) is 0 Å².